The van der Waals surface area contributed by atoms with E-state index in [-0.39, 0.29) is 0 Å². The van der Waals surface area contributed by atoms with Crippen molar-refractivity contribution in [3.63, 3.8) is 0 Å². The largest absolute Gasteiger partial charge is 0.493 e. The fraction of sp³-hybridized carbons (Fsp3) is 0.600. The van der Waals surface area contributed by atoms with Crippen LogP contribution in [0.3, 0.4) is 0 Å². The van der Waals surface area contributed by atoms with Gasteiger partial charge in [0.25, 0.3) is 0 Å². The Hall–Kier alpha value is -1.06. The maximum atomic E-state index is 5.74. The highest BCUT2D eigenvalue weighted by atomic mass is 16.5. The van der Waals surface area contributed by atoms with Crippen LogP contribution in [0, 0.1) is 0 Å². The highest BCUT2D eigenvalue weighted by Crippen LogP contribution is 2.34. The minimum absolute atomic E-state index is 0.635. The van der Waals surface area contributed by atoms with Gasteiger partial charge < -0.3 is 10.1 Å². The molecule has 3 nitrogen and oxygen atoms in total. The number of ether oxygens (including phenoxy) is 1. The summed E-state index contributed by atoms with van der Waals surface area (Å²) in [4.78, 5) is 2.61. The van der Waals surface area contributed by atoms with Crippen LogP contribution in [0.25, 0.3) is 0 Å². The predicted octanol–water partition coefficient (Wildman–Crippen LogP) is 1.85. The Bertz CT molecular complexity index is 407. The molecule has 2 aliphatic rings. The van der Waals surface area contributed by atoms with Crippen LogP contribution in [0.1, 0.15) is 24.8 Å². The van der Waals surface area contributed by atoms with E-state index < -0.39 is 0 Å². The zero-order chi connectivity index (χ0) is 12.4. The molecule has 1 unspecified atom stereocenters. The highest BCUT2D eigenvalue weighted by Gasteiger charge is 2.26. The van der Waals surface area contributed by atoms with Gasteiger partial charge in [-0.1, -0.05) is 18.2 Å². The standard InChI is InChI=1S/C15H22N2O/c1-12-10-16-7-8-17(12)11-13-6-9-18-15-5-3-2-4-14(13)15/h2-5,12-13,16H,6-11H2,1H3/t12-,13?/m0/s1. The monoisotopic (exact) mass is 246 g/mol. The lowest BCUT2D eigenvalue weighted by atomic mass is 9.92. The topological polar surface area (TPSA) is 24.5 Å². The van der Waals surface area contributed by atoms with Gasteiger partial charge in [0.2, 0.25) is 0 Å². The molecule has 2 heterocycles. The Labute approximate surface area is 109 Å². The molecule has 0 aliphatic carbocycles. The van der Waals surface area contributed by atoms with Crippen molar-refractivity contribution in [3.05, 3.63) is 29.8 Å². The van der Waals surface area contributed by atoms with E-state index in [9.17, 15) is 0 Å². The van der Waals surface area contributed by atoms with Crippen LogP contribution in [0.15, 0.2) is 24.3 Å². The van der Waals surface area contributed by atoms with Gasteiger partial charge in [0.05, 0.1) is 6.61 Å². The molecule has 0 aromatic heterocycles. The van der Waals surface area contributed by atoms with E-state index in [1.165, 1.54) is 18.7 Å². The van der Waals surface area contributed by atoms with E-state index in [1.807, 2.05) is 0 Å². The number of nitrogens with zero attached hydrogens (tertiary/aromatic N) is 1. The van der Waals surface area contributed by atoms with Crippen molar-refractivity contribution < 1.29 is 4.74 Å². The van der Waals surface area contributed by atoms with Gasteiger partial charge >= 0.3 is 0 Å². The number of para-hydroxylation sites is 1. The number of rotatable bonds is 2. The SMILES string of the molecule is C[C@H]1CNCCN1CC1CCOc2ccccc21. The Morgan fingerprint density at radius 1 is 1.39 bits per heavy atom. The molecule has 0 amide bonds. The summed E-state index contributed by atoms with van der Waals surface area (Å²) in [6, 6.07) is 9.17. The van der Waals surface area contributed by atoms with E-state index in [2.05, 4.69) is 41.4 Å². The molecule has 2 aliphatic heterocycles. The quantitative estimate of drug-likeness (QED) is 0.862. The Kier molecular flexibility index (Phi) is 3.52. The second-order valence-corrected chi connectivity index (χ2v) is 5.42. The smallest absolute Gasteiger partial charge is 0.122 e. The van der Waals surface area contributed by atoms with Gasteiger partial charge in [0, 0.05) is 38.1 Å². The molecular weight excluding hydrogens is 224 g/mol. The van der Waals surface area contributed by atoms with E-state index in [4.69, 9.17) is 4.74 Å². The molecule has 1 N–H and O–H groups in total. The first-order valence-corrected chi connectivity index (χ1v) is 7.01. The van der Waals surface area contributed by atoms with Crippen molar-refractivity contribution in [1.29, 1.82) is 0 Å². The third kappa shape index (κ3) is 2.38. The van der Waals surface area contributed by atoms with Crippen LogP contribution in [-0.4, -0.2) is 43.7 Å². The normalized spacial score (nSPS) is 28.5. The summed E-state index contributed by atoms with van der Waals surface area (Å²) in [6.45, 7) is 7.75. The number of hydrogen-bond donors (Lipinski definition) is 1. The molecule has 1 fully saturated rings. The summed E-state index contributed by atoms with van der Waals surface area (Å²) in [7, 11) is 0. The molecule has 1 aromatic carbocycles. The van der Waals surface area contributed by atoms with Crippen molar-refractivity contribution in [3.8, 4) is 5.75 Å². The Morgan fingerprint density at radius 2 is 2.28 bits per heavy atom. The summed E-state index contributed by atoms with van der Waals surface area (Å²) in [5.41, 5.74) is 1.40. The maximum absolute atomic E-state index is 5.74. The molecule has 0 saturated carbocycles. The van der Waals surface area contributed by atoms with Crippen molar-refractivity contribution in [2.45, 2.75) is 25.3 Å². The van der Waals surface area contributed by atoms with Gasteiger partial charge in [-0.25, -0.2) is 0 Å². The van der Waals surface area contributed by atoms with Crippen molar-refractivity contribution in [2.75, 3.05) is 32.8 Å². The molecule has 98 valence electrons. The number of fused-ring (bicyclic) bond motifs is 1. The summed E-state index contributed by atoms with van der Waals surface area (Å²) in [6.07, 6.45) is 1.15. The lowest BCUT2D eigenvalue weighted by Gasteiger charge is -2.37. The van der Waals surface area contributed by atoms with Crippen LogP contribution in [0.5, 0.6) is 5.75 Å². The first-order chi connectivity index (χ1) is 8.84. The fourth-order valence-corrected chi connectivity index (χ4v) is 3.04. The Morgan fingerprint density at radius 3 is 3.17 bits per heavy atom. The number of nitrogens with one attached hydrogen (secondary N) is 1. The zero-order valence-electron chi connectivity index (χ0n) is 11.1. The third-order valence-electron chi connectivity index (χ3n) is 4.18. The summed E-state index contributed by atoms with van der Waals surface area (Å²) >= 11 is 0. The molecule has 0 bridgehead atoms. The molecular formula is C15H22N2O. The first kappa shape index (κ1) is 12.0. The third-order valence-corrected chi connectivity index (χ3v) is 4.18. The molecule has 0 radical (unpaired) electrons. The molecule has 18 heavy (non-hydrogen) atoms. The van der Waals surface area contributed by atoms with Crippen molar-refractivity contribution in [1.82, 2.24) is 10.2 Å². The van der Waals surface area contributed by atoms with Crippen molar-refractivity contribution in [2.24, 2.45) is 0 Å². The second kappa shape index (κ2) is 5.29. The van der Waals surface area contributed by atoms with Gasteiger partial charge in [0.1, 0.15) is 5.75 Å². The molecule has 1 saturated heterocycles. The van der Waals surface area contributed by atoms with Gasteiger partial charge in [-0.2, -0.15) is 0 Å². The van der Waals surface area contributed by atoms with Gasteiger partial charge in [-0.3, -0.25) is 4.90 Å². The molecule has 2 atom stereocenters. The van der Waals surface area contributed by atoms with Gasteiger partial charge in [-0.15, -0.1) is 0 Å². The minimum Gasteiger partial charge on any atom is -0.493 e. The average Bonchev–Trinajstić information content (AvgIpc) is 2.42. The molecule has 3 heteroatoms. The highest BCUT2D eigenvalue weighted by molar-refractivity contribution is 5.37. The van der Waals surface area contributed by atoms with Crippen LogP contribution in [0.4, 0.5) is 0 Å². The van der Waals surface area contributed by atoms with Gasteiger partial charge in [-0.05, 0) is 25.0 Å². The summed E-state index contributed by atoms with van der Waals surface area (Å²) in [5.74, 6) is 1.73. The van der Waals surface area contributed by atoms with Crippen LogP contribution < -0.4 is 10.1 Å². The van der Waals surface area contributed by atoms with Crippen LogP contribution >= 0.6 is 0 Å². The average molecular weight is 246 g/mol. The lowest BCUT2D eigenvalue weighted by Crippen LogP contribution is -2.51. The molecule has 1 aromatic rings. The van der Waals surface area contributed by atoms with Crippen LogP contribution in [-0.2, 0) is 0 Å². The van der Waals surface area contributed by atoms with Gasteiger partial charge in [0.15, 0.2) is 0 Å². The maximum Gasteiger partial charge on any atom is 0.122 e. The lowest BCUT2D eigenvalue weighted by molar-refractivity contribution is 0.148. The van der Waals surface area contributed by atoms with E-state index in [0.29, 0.717) is 12.0 Å². The summed E-state index contributed by atoms with van der Waals surface area (Å²) < 4.78 is 5.74. The number of benzene rings is 1. The number of piperazine rings is 1. The van der Waals surface area contributed by atoms with Crippen molar-refractivity contribution >= 4 is 0 Å². The first-order valence-electron chi connectivity index (χ1n) is 7.01. The summed E-state index contributed by atoms with van der Waals surface area (Å²) in [5, 5.41) is 3.45. The molecule has 3 rings (SSSR count). The van der Waals surface area contributed by atoms with Crippen LogP contribution in [0.2, 0.25) is 0 Å². The van der Waals surface area contributed by atoms with E-state index in [1.54, 1.807) is 0 Å². The second-order valence-electron chi connectivity index (χ2n) is 5.42. The van der Waals surface area contributed by atoms with E-state index >= 15 is 0 Å². The van der Waals surface area contributed by atoms with E-state index in [0.717, 1.165) is 31.9 Å². The number of hydrogen-bond acceptors (Lipinski definition) is 3. The Balaban J connectivity index is 1.73. The fourth-order valence-electron chi connectivity index (χ4n) is 3.04. The predicted molar refractivity (Wildman–Crippen MR) is 73.2 cm³/mol. The minimum atomic E-state index is 0.635. The zero-order valence-corrected chi connectivity index (χ0v) is 11.1. The molecule has 0 spiro atoms.